The van der Waals surface area contributed by atoms with Crippen LogP contribution in [0.1, 0.15) is 31.7 Å². The van der Waals surface area contributed by atoms with Crippen LogP contribution in [0.3, 0.4) is 0 Å². The molecule has 2 heterocycles. The summed E-state index contributed by atoms with van der Waals surface area (Å²) in [6.45, 7) is 2.21. The summed E-state index contributed by atoms with van der Waals surface area (Å²) in [4.78, 5) is 38.6. The zero-order chi connectivity index (χ0) is 15.0. The minimum Gasteiger partial charge on any atom is -0.309 e. The molecule has 0 aliphatic carbocycles. The summed E-state index contributed by atoms with van der Waals surface area (Å²) in [5.41, 5.74) is 2.13. The second kappa shape index (κ2) is 5.31. The fourth-order valence-corrected chi connectivity index (χ4v) is 3.15. The molecule has 0 spiro atoms. The van der Waals surface area contributed by atoms with Gasteiger partial charge in [-0.2, -0.15) is 0 Å². The quantitative estimate of drug-likeness (QED) is 0.791. The third kappa shape index (κ3) is 2.44. The molecule has 0 N–H and O–H groups in total. The van der Waals surface area contributed by atoms with Crippen LogP contribution in [0.5, 0.6) is 0 Å². The number of nitrogens with zero attached hydrogens (tertiary/aromatic N) is 2. The van der Waals surface area contributed by atoms with Crippen molar-refractivity contribution in [1.82, 2.24) is 4.90 Å². The SMILES string of the molecule is C[C@H]1Cc2ccccc2N1C(=O)CCN1C(=O)CCC1=O. The van der Waals surface area contributed by atoms with E-state index in [1.54, 1.807) is 4.90 Å². The molecule has 0 radical (unpaired) electrons. The lowest BCUT2D eigenvalue weighted by Gasteiger charge is -2.24. The molecule has 1 aromatic carbocycles. The van der Waals surface area contributed by atoms with Crippen molar-refractivity contribution in [3.63, 3.8) is 0 Å². The molecule has 0 unspecified atom stereocenters. The Kier molecular flexibility index (Phi) is 3.49. The lowest BCUT2D eigenvalue weighted by Crippen LogP contribution is -2.39. The van der Waals surface area contributed by atoms with E-state index in [9.17, 15) is 14.4 Å². The molecule has 5 nitrogen and oxygen atoms in total. The fourth-order valence-electron chi connectivity index (χ4n) is 3.15. The molecular weight excluding hydrogens is 268 g/mol. The average Bonchev–Trinajstić information content (AvgIpc) is 2.96. The highest BCUT2D eigenvalue weighted by molar-refractivity contribution is 6.03. The van der Waals surface area contributed by atoms with Gasteiger partial charge in [0.1, 0.15) is 0 Å². The van der Waals surface area contributed by atoms with E-state index >= 15 is 0 Å². The monoisotopic (exact) mass is 286 g/mol. The van der Waals surface area contributed by atoms with Gasteiger partial charge in [0, 0.05) is 37.5 Å². The predicted octanol–water partition coefficient (Wildman–Crippen LogP) is 1.50. The van der Waals surface area contributed by atoms with Gasteiger partial charge in [-0.25, -0.2) is 0 Å². The van der Waals surface area contributed by atoms with Crippen LogP contribution in [0.15, 0.2) is 24.3 Å². The largest absolute Gasteiger partial charge is 0.309 e. The molecule has 2 aliphatic heterocycles. The minimum atomic E-state index is -0.164. The first-order valence-corrected chi connectivity index (χ1v) is 7.31. The van der Waals surface area contributed by atoms with Gasteiger partial charge in [0.15, 0.2) is 0 Å². The van der Waals surface area contributed by atoms with E-state index < -0.39 is 0 Å². The lowest BCUT2D eigenvalue weighted by molar-refractivity contribution is -0.138. The van der Waals surface area contributed by atoms with E-state index in [0.29, 0.717) is 0 Å². The van der Waals surface area contributed by atoms with Crippen LogP contribution in [0, 0.1) is 0 Å². The summed E-state index contributed by atoms with van der Waals surface area (Å²) in [5, 5.41) is 0. The molecule has 0 bridgehead atoms. The number of fused-ring (bicyclic) bond motifs is 1. The van der Waals surface area contributed by atoms with Crippen molar-refractivity contribution in [2.45, 2.75) is 38.6 Å². The molecule has 0 saturated carbocycles. The number of anilines is 1. The van der Waals surface area contributed by atoms with E-state index in [2.05, 4.69) is 0 Å². The van der Waals surface area contributed by atoms with E-state index in [1.165, 1.54) is 10.5 Å². The van der Waals surface area contributed by atoms with Crippen molar-refractivity contribution in [2.24, 2.45) is 0 Å². The van der Waals surface area contributed by atoms with Crippen molar-refractivity contribution in [1.29, 1.82) is 0 Å². The Morgan fingerprint density at radius 1 is 1.19 bits per heavy atom. The average molecular weight is 286 g/mol. The van der Waals surface area contributed by atoms with Crippen molar-refractivity contribution >= 4 is 23.4 Å². The first-order chi connectivity index (χ1) is 10.1. The zero-order valence-corrected chi connectivity index (χ0v) is 12.0. The third-order valence-electron chi connectivity index (χ3n) is 4.18. The Balaban J connectivity index is 1.69. The van der Waals surface area contributed by atoms with Crippen LogP contribution >= 0.6 is 0 Å². The number of likely N-dealkylation sites (tertiary alicyclic amines) is 1. The molecule has 2 aliphatic rings. The number of amides is 3. The van der Waals surface area contributed by atoms with Crippen LogP contribution in [0.2, 0.25) is 0 Å². The first kappa shape index (κ1) is 13.8. The van der Waals surface area contributed by atoms with E-state index in [1.807, 2.05) is 31.2 Å². The molecular formula is C16H18N2O3. The van der Waals surface area contributed by atoms with Crippen molar-refractivity contribution in [3.8, 4) is 0 Å². The highest BCUT2D eigenvalue weighted by Gasteiger charge is 2.33. The molecule has 1 fully saturated rings. The maximum Gasteiger partial charge on any atom is 0.229 e. The fraction of sp³-hybridized carbons (Fsp3) is 0.438. The standard InChI is InChI=1S/C16H18N2O3/c1-11-10-12-4-2-3-5-13(12)18(11)16(21)8-9-17-14(19)6-7-15(17)20/h2-5,11H,6-10H2,1H3/t11-/m0/s1. The lowest BCUT2D eigenvalue weighted by atomic mass is 10.1. The molecule has 0 aromatic heterocycles. The Labute approximate surface area is 123 Å². The van der Waals surface area contributed by atoms with Gasteiger partial charge >= 0.3 is 0 Å². The van der Waals surface area contributed by atoms with Crippen LogP contribution < -0.4 is 4.90 Å². The molecule has 3 amide bonds. The number of hydrogen-bond acceptors (Lipinski definition) is 3. The maximum atomic E-state index is 12.5. The summed E-state index contributed by atoms with van der Waals surface area (Å²) >= 11 is 0. The summed E-state index contributed by atoms with van der Waals surface area (Å²) < 4.78 is 0. The first-order valence-electron chi connectivity index (χ1n) is 7.31. The Bertz CT molecular complexity index is 595. The predicted molar refractivity (Wildman–Crippen MR) is 77.7 cm³/mol. The van der Waals surface area contributed by atoms with Gasteiger partial charge in [-0.1, -0.05) is 18.2 Å². The molecule has 21 heavy (non-hydrogen) atoms. The van der Waals surface area contributed by atoms with Gasteiger partial charge in [0.2, 0.25) is 17.7 Å². The van der Waals surface area contributed by atoms with Gasteiger partial charge in [0.25, 0.3) is 0 Å². The topological polar surface area (TPSA) is 57.7 Å². The normalized spacial score (nSPS) is 21.1. The number of hydrogen-bond donors (Lipinski definition) is 0. The Morgan fingerprint density at radius 3 is 2.57 bits per heavy atom. The second-order valence-electron chi connectivity index (χ2n) is 5.63. The molecule has 3 rings (SSSR count). The molecule has 110 valence electrons. The van der Waals surface area contributed by atoms with Crippen LogP contribution in [0.4, 0.5) is 5.69 Å². The van der Waals surface area contributed by atoms with Crippen molar-refractivity contribution < 1.29 is 14.4 Å². The number of benzene rings is 1. The third-order valence-corrected chi connectivity index (χ3v) is 4.18. The van der Waals surface area contributed by atoms with Crippen molar-refractivity contribution in [2.75, 3.05) is 11.4 Å². The second-order valence-corrected chi connectivity index (χ2v) is 5.63. The summed E-state index contributed by atoms with van der Waals surface area (Å²) in [6, 6.07) is 8.00. The van der Waals surface area contributed by atoms with E-state index in [4.69, 9.17) is 0 Å². The molecule has 1 atom stereocenters. The van der Waals surface area contributed by atoms with Gasteiger partial charge < -0.3 is 4.90 Å². The van der Waals surface area contributed by atoms with Gasteiger partial charge in [-0.3, -0.25) is 19.3 Å². The molecule has 5 heteroatoms. The Morgan fingerprint density at radius 2 is 1.86 bits per heavy atom. The highest BCUT2D eigenvalue weighted by atomic mass is 16.2. The zero-order valence-electron chi connectivity index (χ0n) is 12.0. The number of carbonyl (C=O) groups excluding carboxylic acids is 3. The Hall–Kier alpha value is -2.17. The van der Waals surface area contributed by atoms with Gasteiger partial charge in [-0.05, 0) is 25.0 Å². The van der Waals surface area contributed by atoms with Crippen LogP contribution in [0.25, 0.3) is 0 Å². The van der Waals surface area contributed by atoms with Crippen LogP contribution in [-0.4, -0.2) is 35.2 Å². The van der Waals surface area contributed by atoms with Gasteiger partial charge in [-0.15, -0.1) is 0 Å². The smallest absolute Gasteiger partial charge is 0.229 e. The highest BCUT2D eigenvalue weighted by Crippen LogP contribution is 2.32. The number of rotatable bonds is 3. The number of para-hydroxylation sites is 1. The minimum absolute atomic E-state index is 0.0278. The summed E-state index contributed by atoms with van der Waals surface area (Å²) in [6.07, 6.45) is 1.59. The van der Waals surface area contributed by atoms with E-state index in [0.717, 1.165) is 12.1 Å². The number of imide groups is 1. The summed E-state index contributed by atoms with van der Waals surface area (Å²) in [7, 11) is 0. The molecule has 1 aromatic rings. The van der Waals surface area contributed by atoms with Crippen LogP contribution in [-0.2, 0) is 20.8 Å². The maximum absolute atomic E-state index is 12.5. The van der Waals surface area contributed by atoms with Gasteiger partial charge in [0.05, 0.1) is 0 Å². The van der Waals surface area contributed by atoms with E-state index in [-0.39, 0.29) is 49.6 Å². The number of carbonyl (C=O) groups is 3. The summed E-state index contributed by atoms with van der Waals surface area (Å²) in [5.74, 6) is -0.356. The molecule has 1 saturated heterocycles. The van der Waals surface area contributed by atoms with Crippen molar-refractivity contribution in [3.05, 3.63) is 29.8 Å².